The molecule has 9 nitrogen and oxygen atoms in total. The second kappa shape index (κ2) is 13.7. The van der Waals surface area contributed by atoms with Crippen LogP contribution in [0.2, 0.25) is 0 Å². The number of hydrogen-bond donors (Lipinski definition) is 6. The summed E-state index contributed by atoms with van der Waals surface area (Å²) in [6.45, 7) is 1.14. The molecule has 0 aliphatic carbocycles. The van der Waals surface area contributed by atoms with Gasteiger partial charge in [0.05, 0.1) is 0 Å². The third kappa shape index (κ3) is 10.1. The zero-order chi connectivity index (χ0) is 18.4. The van der Waals surface area contributed by atoms with Crippen molar-refractivity contribution in [1.82, 2.24) is 10.6 Å². The topological polar surface area (TPSA) is 174 Å². The average Bonchev–Trinajstić information content (AvgIpc) is 2.53. The highest BCUT2D eigenvalue weighted by Gasteiger charge is 2.25. The van der Waals surface area contributed by atoms with Gasteiger partial charge in [0.15, 0.2) is 0 Å². The molecule has 0 aliphatic heterocycles. The van der Waals surface area contributed by atoms with E-state index in [0.717, 1.165) is 6.42 Å². The van der Waals surface area contributed by atoms with Crippen LogP contribution < -0.4 is 27.8 Å². The van der Waals surface area contributed by atoms with Gasteiger partial charge >= 0.3 is 5.97 Å². The number of hydrogen-bond acceptors (Lipinski definition) is 6. The lowest BCUT2D eigenvalue weighted by Crippen LogP contribution is -2.51. The first kappa shape index (κ1) is 22.3. The van der Waals surface area contributed by atoms with Crippen LogP contribution >= 0.6 is 0 Å². The Balaban J connectivity index is 4.71. The summed E-state index contributed by atoms with van der Waals surface area (Å²) < 4.78 is 0. The van der Waals surface area contributed by atoms with E-state index in [4.69, 9.17) is 17.2 Å². The summed E-state index contributed by atoms with van der Waals surface area (Å²) in [5.74, 6) is -1.94. The number of carboxylic acids is 1. The highest BCUT2D eigenvalue weighted by Crippen LogP contribution is 2.05. The van der Waals surface area contributed by atoms with Crippen molar-refractivity contribution < 1.29 is 19.5 Å². The average molecular weight is 345 g/mol. The summed E-state index contributed by atoms with van der Waals surface area (Å²) in [7, 11) is 0. The minimum Gasteiger partial charge on any atom is -0.480 e. The SMILES string of the molecule is NCCCC[C@H](NC(=O)[C@H](CCCCN)NC(=O)CCN)C(=O)O. The third-order valence-corrected chi connectivity index (χ3v) is 3.53. The Morgan fingerprint density at radius 1 is 0.792 bits per heavy atom. The maximum absolute atomic E-state index is 12.3. The van der Waals surface area contributed by atoms with Crippen LogP contribution in [0.5, 0.6) is 0 Å². The number of unbranched alkanes of at least 4 members (excludes halogenated alkanes) is 2. The van der Waals surface area contributed by atoms with Crippen molar-refractivity contribution in [2.75, 3.05) is 19.6 Å². The minimum atomic E-state index is -1.10. The Kier molecular flexibility index (Phi) is 12.7. The molecule has 0 spiro atoms. The van der Waals surface area contributed by atoms with Gasteiger partial charge in [0.25, 0.3) is 0 Å². The van der Waals surface area contributed by atoms with E-state index in [1.165, 1.54) is 0 Å². The van der Waals surface area contributed by atoms with E-state index < -0.39 is 24.0 Å². The molecule has 0 radical (unpaired) electrons. The van der Waals surface area contributed by atoms with Crippen LogP contribution in [-0.2, 0) is 14.4 Å². The minimum absolute atomic E-state index is 0.111. The van der Waals surface area contributed by atoms with E-state index in [1.807, 2.05) is 0 Å². The van der Waals surface area contributed by atoms with Crippen molar-refractivity contribution in [1.29, 1.82) is 0 Å². The van der Waals surface area contributed by atoms with Crippen molar-refractivity contribution in [3.63, 3.8) is 0 Å². The van der Waals surface area contributed by atoms with Gasteiger partial charge in [0.1, 0.15) is 12.1 Å². The molecule has 2 amide bonds. The number of amides is 2. The fourth-order valence-corrected chi connectivity index (χ4v) is 2.18. The molecule has 9 heteroatoms. The number of nitrogens with one attached hydrogen (secondary N) is 2. The standard InChI is InChI=1S/C15H31N5O4/c16-8-3-1-5-11(19-13(21)7-10-18)14(22)20-12(15(23)24)6-2-4-9-17/h11-12H,1-10,16-18H2,(H,19,21)(H,20,22)(H,23,24)/t11-,12-/m0/s1. The molecule has 0 rings (SSSR count). The number of rotatable bonds is 14. The smallest absolute Gasteiger partial charge is 0.326 e. The van der Waals surface area contributed by atoms with Crippen molar-refractivity contribution in [2.45, 2.75) is 57.0 Å². The third-order valence-electron chi connectivity index (χ3n) is 3.53. The van der Waals surface area contributed by atoms with Gasteiger partial charge in [0.2, 0.25) is 11.8 Å². The van der Waals surface area contributed by atoms with Gasteiger partial charge in [-0.15, -0.1) is 0 Å². The molecule has 0 aromatic carbocycles. The van der Waals surface area contributed by atoms with Gasteiger partial charge in [-0.2, -0.15) is 0 Å². The second-order valence-corrected chi connectivity index (χ2v) is 5.63. The lowest BCUT2D eigenvalue weighted by Gasteiger charge is -2.21. The second-order valence-electron chi connectivity index (χ2n) is 5.63. The molecule has 0 aromatic heterocycles. The van der Waals surface area contributed by atoms with Crippen LogP contribution in [0.4, 0.5) is 0 Å². The molecular weight excluding hydrogens is 314 g/mol. The Morgan fingerprint density at radius 2 is 1.33 bits per heavy atom. The normalized spacial score (nSPS) is 13.1. The monoisotopic (exact) mass is 345 g/mol. The van der Waals surface area contributed by atoms with E-state index in [2.05, 4.69) is 10.6 Å². The van der Waals surface area contributed by atoms with E-state index >= 15 is 0 Å². The van der Waals surface area contributed by atoms with Gasteiger partial charge in [0, 0.05) is 13.0 Å². The highest BCUT2D eigenvalue weighted by molar-refractivity contribution is 5.90. The fourth-order valence-electron chi connectivity index (χ4n) is 2.18. The highest BCUT2D eigenvalue weighted by atomic mass is 16.4. The van der Waals surface area contributed by atoms with Crippen molar-refractivity contribution in [3.05, 3.63) is 0 Å². The van der Waals surface area contributed by atoms with Gasteiger partial charge in [-0.1, -0.05) is 0 Å². The maximum atomic E-state index is 12.3. The van der Waals surface area contributed by atoms with E-state index in [0.29, 0.717) is 45.2 Å². The van der Waals surface area contributed by atoms with E-state index in [1.54, 1.807) is 0 Å². The van der Waals surface area contributed by atoms with E-state index in [-0.39, 0.29) is 18.9 Å². The first-order chi connectivity index (χ1) is 11.5. The molecule has 0 unspecified atom stereocenters. The molecule has 0 fully saturated rings. The lowest BCUT2D eigenvalue weighted by molar-refractivity contribution is -0.142. The van der Waals surface area contributed by atoms with E-state index in [9.17, 15) is 19.5 Å². The predicted molar refractivity (Wildman–Crippen MR) is 91.0 cm³/mol. The summed E-state index contributed by atoms with van der Waals surface area (Å²) in [6, 6.07) is -1.78. The molecule has 0 aliphatic rings. The zero-order valence-corrected chi connectivity index (χ0v) is 14.1. The van der Waals surface area contributed by atoms with Crippen LogP contribution in [0.1, 0.15) is 44.9 Å². The molecule has 24 heavy (non-hydrogen) atoms. The first-order valence-electron chi connectivity index (χ1n) is 8.39. The van der Waals surface area contributed by atoms with Crippen LogP contribution in [0, 0.1) is 0 Å². The van der Waals surface area contributed by atoms with Crippen LogP contribution in [-0.4, -0.2) is 54.6 Å². The summed E-state index contributed by atoms with van der Waals surface area (Å²) in [5.41, 5.74) is 16.2. The molecule has 140 valence electrons. The molecule has 9 N–H and O–H groups in total. The van der Waals surface area contributed by atoms with Crippen molar-refractivity contribution in [3.8, 4) is 0 Å². The molecule has 0 bridgehead atoms. The molecule has 0 heterocycles. The number of aliphatic carboxylic acids is 1. The first-order valence-corrected chi connectivity index (χ1v) is 8.39. The quantitative estimate of drug-likeness (QED) is 0.211. The number of carbonyl (C=O) groups is 3. The molecule has 0 saturated carbocycles. The Morgan fingerprint density at radius 3 is 1.79 bits per heavy atom. The summed E-state index contributed by atoms with van der Waals surface area (Å²) in [6.07, 6.45) is 3.47. The number of carbonyl (C=O) groups excluding carboxylic acids is 2. The molecule has 2 atom stereocenters. The maximum Gasteiger partial charge on any atom is 0.326 e. The van der Waals surface area contributed by atoms with Gasteiger partial charge in [-0.25, -0.2) is 4.79 Å². The summed E-state index contributed by atoms with van der Waals surface area (Å²) in [4.78, 5) is 35.3. The van der Waals surface area contributed by atoms with Crippen LogP contribution in [0.3, 0.4) is 0 Å². The largest absolute Gasteiger partial charge is 0.480 e. The summed E-state index contributed by atoms with van der Waals surface area (Å²) >= 11 is 0. The number of carboxylic acid groups (broad SMARTS) is 1. The van der Waals surface area contributed by atoms with Gasteiger partial charge < -0.3 is 32.9 Å². The summed E-state index contributed by atoms with van der Waals surface area (Å²) in [5, 5.41) is 14.3. The lowest BCUT2D eigenvalue weighted by atomic mass is 10.1. The Bertz CT molecular complexity index is 392. The molecule has 0 aromatic rings. The molecular formula is C15H31N5O4. The fraction of sp³-hybridized carbons (Fsp3) is 0.800. The number of nitrogens with two attached hydrogens (primary N) is 3. The molecule has 0 saturated heterocycles. The van der Waals surface area contributed by atoms with Crippen LogP contribution in [0.15, 0.2) is 0 Å². The van der Waals surface area contributed by atoms with Crippen molar-refractivity contribution in [2.24, 2.45) is 17.2 Å². The van der Waals surface area contributed by atoms with Gasteiger partial charge in [-0.3, -0.25) is 9.59 Å². The predicted octanol–water partition coefficient (Wildman–Crippen LogP) is -1.35. The Labute approximate surface area is 142 Å². The van der Waals surface area contributed by atoms with Crippen LogP contribution in [0.25, 0.3) is 0 Å². The Hall–Kier alpha value is -1.71. The van der Waals surface area contributed by atoms with Crippen molar-refractivity contribution >= 4 is 17.8 Å². The zero-order valence-electron chi connectivity index (χ0n) is 14.1. The van der Waals surface area contributed by atoms with Gasteiger partial charge in [-0.05, 0) is 51.6 Å².